The van der Waals surface area contributed by atoms with Crippen LogP contribution in [0.4, 0.5) is 10.1 Å². The van der Waals surface area contributed by atoms with Crippen LogP contribution >= 0.6 is 11.6 Å². The zero-order valence-corrected chi connectivity index (χ0v) is 20.2. The number of hydrogen-bond acceptors (Lipinski definition) is 3. The lowest BCUT2D eigenvalue weighted by molar-refractivity contribution is -0.127. The van der Waals surface area contributed by atoms with Gasteiger partial charge in [-0.1, -0.05) is 73.8 Å². The van der Waals surface area contributed by atoms with Gasteiger partial charge in [-0.05, 0) is 60.9 Å². The molecule has 1 heterocycles. The summed E-state index contributed by atoms with van der Waals surface area (Å²) >= 11 is 6.13. The van der Waals surface area contributed by atoms with Crippen LogP contribution in [0.5, 0.6) is 0 Å². The Balaban J connectivity index is 1.73. The summed E-state index contributed by atoms with van der Waals surface area (Å²) in [5.41, 5.74) is 2.44. The summed E-state index contributed by atoms with van der Waals surface area (Å²) in [6, 6.07) is 23.6. The lowest BCUT2D eigenvalue weighted by Crippen LogP contribution is -2.57. The van der Waals surface area contributed by atoms with E-state index in [-0.39, 0.29) is 17.6 Å². The molecule has 2 atom stereocenters. The minimum Gasteiger partial charge on any atom is -0.350 e. The monoisotopic (exact) mass is 477 g/mol. The molecule has 0 fully saturated rings. The van der Waals surface area contributed by atoms with Gasteiger partial charge in [0.05, 0.1) is 11.4 Å². The van der Waals surface area contributed by atoms with E-state index in [1.807, 2.05) is 66.5 Å². The van der Waals surface area contributed by atoms with Crippen LogP contribution in [-0.2, 0) is 11.3 Å². The Morgan fingerprint density at radius 1 is 1.09 bits per heavy atom. The van der Waals surface area contributed by atoms with Gasteiger partial charge in [-0.3, -0.25) is 4.79 Å². The maximum atomic E-state index is 13.9. The number of para-hydroxylation sites is 1. The molecule has 1 aliphatic heterocycles. The van der Waals surface area contributed by atoms with Gasteiger partial charge in [0.2, 0.25) is 5.91 Å². The highest BCUT2D eigenvalue weighted by Crippen LogP contribution is 2.41. The second kappa shape index (κ2) is 10.4. The summed E-state index contributed by atoms with van der Waals surface area (Å²) in [4.78, 5) is 13.9. The van der Waals surface area contributed by atoms with Crippen LogP contribution in [-0.4, -0.2) is 17.2 Å². The Kier molecular flexibility index (Phi) is 7.32. The van der Waals surface area contributed by atoms with Crippen LogP contribution in [0.15, 0.2) is 84.0 Å². The third kappa shape index (κ3) is 4.85. The summed E-state index contributed by atoms with van der Waals surface area (Å²) in [7, 11) is 0. The minimum absolute atomic E-state index is 0.113. The lowest BCUT2D eigenvalue weighted by atomic mass is 9.77. The fourth-order valence-electron chi connectivity index (χ4n) is 4.56. The number of benzene rings is 3. The summed E-state index contributed by atoms with van der Waals surface area (Å²) in [6.07, 6.45) is 2.74. The Bertz CT molecular complexity index is 1170. The average Bonchev–Trinajstić information content (AvgIpc) is 3.15. The smallest absolute Gasteiger partial charge is 0.248 e. The van der Waals surface area contributed by atoms with Gasteiger partial charge < -0.3 is 5.32 Å². The molecular weight excluding hydrogens is 449 g/mol. The van der Waals surface area contributed by atoms with E-state index in [4.69, 9.17) is 16.7 Å². The standard InChI is InChI=1S/C28H29ClFN3O/c1-3-4-13-25-26(21-14-16-23(30)17-15-21)32-33(24-11-6-5-7-12-24)28(25,2)27(34)31-19-20-9-8-10-22(29)18-20/h5-12,14-18,25H,3-4,13,19H2,1-2H3,(H,31,34). The number of halogens is 2. The quantitative estimate of drug-likeness (QED) is 0.398. The second-order valence-corrected chi connectivity index (χ2v) is 9.23. The molecule has 1 amide bonds. The van der Waals surface area contributed by atoms with E-state index >= 15 is 0 Å². The van der Waals surface area contributed by atoms with Crippen LogP contribution in [0.3, 0.4) is 0 Å². The van der Waals surface area contributed by atoms with Crippen molar-refractivity contribution in [1.29, 1.82) is 0 Å². The van der Waals surface area contributed by atoms with E-state index in [9.17, 15) is 9.18 Å². The molecule has 2 unspecified atom stereocenters. The molecular formula is C28H29ClFN3O. The lowest BCUT2D eigenvalue weighted by Gasteiger charge is -2.37. The number of nitrogens with one attached hydrogen (secondary N) is 1. The number of anilines is 1. The fraction of sp³-hybridized carbons (Fsp3) is 0.286. The predicted octanol–water partition coefficient (Wildman–Crippen LogP) is 6.58. The van der Waals surface area contributed by atoms with Gasteiger partial charge in [0.1, 0.15) is 11.4 Å². The van der Waals surface area contributed by atoms with Gasteiger partial charge in [0.25, 0.3) is 0 Å². The second-order valence-electron chi connectivity index (χ2n) is 8.79. The van der Waals surface area contributed by atoms with Gasteiger partial charge >= 0.3 is 0 Å². The number of amides is 1. The number of unbranched alkanes of at least 4 members (excludes halogenated alkanes) is 1. The van der Waals surface area contributed by atoms with E-state index in [0.29, 0.717) is 11.6 Å². The molecule has 3 aromatic carbocycles. The molecule has 3 aromatic rings. The number of hydrazone groups is 1. The number of carbonyl (C=O) groups excluding carboxylic acids is 1. The van der Waals surface area contributed by atoms with E-state index in [2.05, 4.69) is 12.2 Å². The molecule has 0 aromatic heterocycles. The Morgan fingerprint density at radius 3 is 2.50 bits per heavy atom. The minimum atomic E-state index is -0.960. The molecule has 4 nitrogen and oxygen atoms in total. The SMILES string of the molecule is CCCCC1C(c2ccc(F)cc2)=NN(c2ccccc2)C1(C)C(=O)NCc1cccc(Cl)c1. The number of hydrogen-bond donors (Lipinski definition) is 1. The van der Waals surface area contributed by atoms with E-state index in [1.54, 1.807) is 12.1 Å². The topological polar surface area (TPSA) is 44.7 Å². The van der Waals surface area contributed by atoms with Crippen molar-refractivity contribution in [3.63, 3.8) is 0 Å². The van der Waals surface area contributed by atoms with E-state index in [1.165, 1.54) is 12.1 Å². The first-order valence-corrected chi connectivity index (χ1v) is 12.0. The molecule has 6 heteroatoms. The highest BCUT2D eigenvalue weighted by atomic mass is 35.5. The third-order valence-electron chi connectivity index (χ3n) is 6.45. The fourth-order valence-corrected chi connectivity index (χ4v) is 4.77. The predicted molar refractivity (Wildman–Crippen MR) is 137 cm³/mol. The van der Waals surface area contributed by atoms with Gasteiger partial charge in [-0.2, -0.15) is 5.10 Å². The van der Waals surface area contributed by atoms with Crippen molar-refractivity contribution in [3.05, 3.63) is 101 Å². The molecule has 1 aliphatic rings. The van der Waals surface area contributed by atoms with Crippen molar-refractivity contribution < 1.29 is 9.18 Å². The molecule has 0 aliphatic carbocycles. The summed E-state index contributed by atoms with van der Waals surface area (Å²) in [5, 5.41) is 10.6. The number of nitrogens with zero attached hydrogens (tertiary/aromatic N) is 2. The zero-order valence-electron chi connectivity index (χ0n) is 19.5. The van der Waals surface area contributed by atoms with Crippen molar-refractivity contribution in [2.75, 3.05) is 5.01 Å². The molecule has 0 bridgehead atoms. The number of carbonyl (C=O) groups is 1. The van der Waals surface area contributed by atoms with E-state index < -0.39 is 5.54 Å². The molecule has 34 heavy (non-hydrogen) atoms. The maximum Gasteiger partial charge on any atom is 0.248 e. The molecule has 176 valence electrons. The first-order chi connectivity index (χ1) is 16.4. The highest BCUT2D eigenvalue weighted by molar-refractivity contribution is 6.30. The van der Waals surface area contributed by atoms with Crippen LogP contribution in [0.1, 0.15) is 44.2 Å². The van der Waals surface area contributed by atoms with Crippen LogP contribution in [0.2, 0.25) is 5.02 Å². The third-order valence-corrected chi connectivity index (χ3v) is 6.68. The number of rotatable bonds is 8. The van der Waals surface area contributed by atoms with Gasteiger partial charge in [-0.25, -0.2) is 9.40 Å². The first kappa shape index (κ1) is 24.0. The van der Waals surface area contributed by atoms with Crippen molar-refractivity contribution in [3.8, 4) is 0 Å². The molecule has 0 saturated heterocycles. The van der Waals surface area contributed by atoms with Crippen LogP contribution in [0, 0.1) is 11.7 Å². The first-order valence-electron chi connectivity index (χ1n) is 11.7. The van der Waals surface area contributed by atoms with Crippen molar-refractivity contribution >= 4 is 28.9 Å². The maximum absolute atomic E-state index is 13.9. The summed E-state index contributed by atoms with van der Waals surface area (Å²) in [6.45, 7) is 4.45. The Morgan fingerprint density at radius 2 is 1.82 bits per heavy atom. The van der Waals surface area contributed by atoms with Crippen LogP contribution < -0.4 is 10.3 Å². The molecule has 4 rings (SSSR count). The highest BCUT2D eigenvalue weighted by Gasteiger charge is 2.53. The zero-order chi connectivity index (χ0) is 24.1. The Labute approximate surface area is 205 Å². The molecule has 1 N–H and O–H groups in total. The summed E-state index contributed by atoms with van der Waals surface area (Å²) in [5.74, 6) is -0.579. The molecule has 0 radical (unpaired) electrons. The molecule has 0 spiro atoms. The van der Waals surface area contributed by atoms with Gasteiger partial charge in [0, 0.05) is 17.5 Å². The average molecular weight is 478 g/mol. The molecule has 0 saturated carbocycles. The van der Waals surface area contributed by atoms with E-state index in [0.717, 1.165) is 41.8 Å². The van der Waals surface area contributed by atoms with Gasteiger partial charge in [0.15, 0.2) is 0 Å². The van der Waals surface area contributed by atoms with Crippen molar-refractivity contribution in [2.45, 2.75) is 45.2 Å². The van der Waals surface area contributed by atoms with Gasteiger partial charge in [-0.15, -0.1) is 0 Å². The summed E-state index contributed by atoms with van der Waals surface area (Å²) < 4.78 is 13.7. The Hall–Kier alpha value is -3.18. The van der Waals surface area contributed by atoms with Crippen LogP contribution in [0.25, 0.3) is 0 Å². The van der Waals surface area contributed by atoms with Crippen molar-refractivity contribution in [1.82, 2.24) is 5.32 Å². The largest absolute Gasteiger partial charge is 0.350 e. The normalized spacial score (nSPS) is 19.7. The van der Waals surface area contributed by atoms with Crippen molar-refractivity contribution in [2.24, 2.45) is 11.0 Å².